The Kier molecular flexibility index (Phi) is 8.04. The Balaban J connectivity index is 1.92. The van der Waals surface area contributed by atoms with Crippen LogP contribution in [0.4, 0.5) is 8.78 Å². The van der Waals surface area contributed by atoms with Crippen molar-refractivity contribution < 1.29 is 8.78 Å². The van der Waals surface area contributed by atoms with E-state index in [9.17, 15) is 8.78 Å². The molecule has 2 N–H and O–H groups in total. The molecule has 0 radical (unpaired) electrons. The minimum atomic E-state index is -0.556. The summed E-state index contributed by atoms with van der Waals surface area (Å²) in [5.41, 5.74) is 0.490. The van der Waals surface area contributed by atoms with Gasteiger partial charge in [0.05, 0.1) is 0 Å². The highest BCUT2D eigenvalue weighted by Gasteiger charge is 2.19. The first-order valence-corrected chi connectivity index (χ1v) is 9.36. The molecule has 1 aliphatic rings. The summed E-state index contributed by atoms with van der Waals surface area (Å²) >= 11 is 0. The Morgan fingerprint density at radius 1 is 1.38 bits per heavy atom. The van der Waals surface area contributed by atoms with Crippen LogP contribution in [-0.2, 0) is 0 Å². The number of nitrogens with one attached hydrogen (secondary N) is 2. The molecule has 1 saturated heterocycles. The maximum absolute atomic E-state index is 13.9. The van der Waals surface area contributed by atoms with Gasteiger partial charge in [-0.15, -0.1) is 6.58 Å². The molecule has 1 aliphatic heterocycles. The molecule has 2 rings (SSSR count). The lowest BCUT2D eigenvalue weighted by atomic mass is 10.0. The molecule has 1 fully saturated rings. The molecular formula is C20H30F2N4. The van der Waals surface area contributed by atoms with E-state index in [1.165, 1.54) is 12.1 Å². The lowest BCUT2D eigenvalue weighted by Crippen LogP contribution is -2.48. The highest BCUT2D eigenvalue weighted by atomic mass is 19.1. The molecule has 4 nitrogen and oxygen atoms in total. The predicted molar refractivity (Wildman–Crippen MR) is 104 cm³/mol. The SMILES string of the molecule is C=CCN1CCC(NC(=NCC(C)c2ccc(F)cc2F)NCC)CC1. The van der Waals surface area contributed by atoms with E-state index in [1.54, 1.807) is 0 Å². The van der Waals surface area contributed by atoms with Crippen LogP contribution in [0.5, 0.6) is 0 Å². The molecule has 26 heavy (non-hydrogen) atoms. The number of likely N-dealkylation sites (tertiary alicyclic amines) is 1. The lowest BCUT2D eigenvalue weighted by molar-refractivity contribution is 0.225. The molecule has 1 unspecified atom stereocenters. The summed E-state index contributed by atoms with van der Waals surface area (Å²) in [6.45, 7) is 11.9. The Bertz CT molecular complexity index is 610. The van der Waals surface area contributed by atoms with Gasteiger partial charge in [0.2, 0.25) is 0 Å². The number of nitrogens with zero attached hydrogens (tertiary/aromatic N) is 2. The number of hydrogen-bond donors (Lipinski definition) is 2. The van der Waals surface area contributed by atoms with Gasteiger partial charge in [0.1, 0.15) is 11.6 Å². The van der Waals surface area contributed by atoms with E-state index in [0.29, 0.717) is 18.2 Å². The van der Waals surface area contributed by atoms with Crippen LogP contribution in [0.1, 0.15) is 38.2 Å². The molecule has 1 aromatic carbocycles. The summed E-state index contributed by atoms with van der Waals surface area (Å²) in [6.07, 6.45) is 4.05. The molecule has 144 valence electrons. The van der Waals surface area contributed by atoms with Crippen LogP contribution in [-0.4, -0.2) is 49.6 Å². The zero-order valence-corrected chi connectivity index (χ0v) is 15.8. The van der Waals surface area contributed by atoms with E-state index >= 15 is 0 Å². The summed E-state index contributed by atoms with van der Waals surface area (Å²) in [6, 6.07) is 4.10. The largest absolute Gasteiger partial charge is 0.357 e. The molecule has 0 bridgehead atoms. The van der Waals surface area contributed by atoms with E-state index < -0.39 is 11.6 Å². The van der Waals surface area contributed by atoms with Crippen LogP contribution in [0, 0.1) is 11.6 Å². The summed E-state index contributed by atoms with van der Waals surface area (Å²) in [5, 5.41) is 6.73. The van der Waals surface area contributed by atoms with Crippen LogP contribution >= 0.6 is 0 Å². The van der Waals surface area contributed by atoms with Gasteiger partial charge < -0.3 is 10.6 Å². The van der Waals surface area contributed by atoms with Crippen molar-refractivity contribution in [2.45, 2.75) is 38.6 Å². The molecule has 0 aliphatic carbocycles. The number of halogens is 2. The van der Waals surface area contributed by atoms with E-state index in [2.05, 4.69) is 27.1 Å². The van der Waals surface area contributed by atoms with Crippen molar-refractivity contribution >= 4 is 5.96 Å². The average Bonchev–Trinajstić information content (AvgIpc) is 2.61. The van der Waals surface area contributed by atoms with Gasteiger partial charge >= 0.3 is 0 Å². The van der Waals surface area contributed by atoms with Crippen LogP contribution in [0.3, 0.4) is 0 Å². The molecule has 0 amide bonds. The summed E-state index contributed by atoms with van der Waals surface area (Å²) in [7, 11) is 0. The maximum atomic E-state index is 13.9. The molecule has 1 heterocycles. The fraction of sp³-hybridized carbons (Fsp3) is 0.550. The first-order valence-electron chi connectivity index (χ1n) is 9.36. The first-order chi connectivity index (χ1) is 12.5. The number of rotatable bonds is 7. The first kappa shape index (κ1) is 20.4. The van der Waals surface area contributed by atoms with Gasteiger partial charge in [-0.25, -0.2) is 8.78 Å². The molecule has 6 heteroatoms. The predicted octanol–water partition coefficient (Wildman–Crippen LogP) is 3.27. The maximum Gasteiger partial charge on any atom is 0.191 e. The van der Waals surface area contributed by atoms with Crippen molar-refractivity contribution in [3.8, 4) is 0 Å². The highest BCUT2D eigenvalue weighted by molar-refractivity contribution is 5.80. The smallest absolute Gasteiger partial charge is 0.191 e. The zero-order valence-electron chi connectivity index (χ0n) is 15.8. The second kappa shape index (κ2) is 10.3. The van der Waals surface area contributed by atoms with Gasteiger partial charge in [-0.2, -0.15) is 0 Å². The van der Waals surface area contributed by atoms with E-state index in [4.69, 9.17) is 0 Å². The Morgan fingerprint density at radius 2 is 2.12 bits per heavy atom. The third-order valence-corrected chi connectivity index (χ3v) is 4.68. The van der Waals surface area contributed by atoms with E-state index in [0.717, 1.165) is 51.0 Å². The zero-order chi connectivity index (χ0) is 18.9. The highest BCUT2D eigenvalue weighted by Crippen LogP contribution is 2.20. The van der Waals surface area contributed by atoms with Crippen molar-refractivity contribution in [3.63, 3.8) is 0 Å². The standard InChI is InChI=1S/C20H30F2N4/c1-4-10-26-11-8-17(9-12-26)25-20(23-5-2)24-14-15(3)18-7-6-16(21)13-19(18)22/h4,6-7,13,15,17H,1,5,8-12,14H2,2-3H3,(H2,23,24,25). The molecule has 0 aromatic heterocycles. The monoisotopic (exact) mass is 364 g/mol. The summed E-state index contributed by atoms with van der Waals surface area (Å²) in [5.74, 6) is -0.440. The average molecular weight is 364 g/mol. The van der Waals surface area contributed by atoms with Gasteiger partial charge in [-0.05, 0) is 31.4 Å². The fourth-order valence-corrected chi connectivity index (χ4v) is 3.18. The van der Waals surface area contributed by atoms with Crippen molar-refractivity contribution in [2.24, 2.45) is 4.99 Å². The fourth-order valence-electron chi connectivity index (χ4n) is 3.18. The molecule has 0 spiro atoms. The molecular weight excluding hydrogens is 334 g/mol. The number of hydrogen-bond acceptors (Lipinski definition) is 2. The number of aliphatic imine (C=N–C) groups is 1. The Morgan fingerprint density at radius 3 is 2.73 bits per heavy atom. The van der Waals surface area contributed by atoms with Gasteiger partial charge in [0.25, 0.3) is 0 Å². The third kappa shape index (κ3) is 6.09. The van der Waals surface area contributed by atoms with Crippen molar-refractivity contribution in [3.05, 3.63) is 48.1 Å². The second-order valence-electron chi connectivity index (χ2n) is 6.79. The van der Waals surface area contributed by atoms with Gasteiger partial charge in [0.15, 0.2) is 5.96 Å². The number of guanidine groups is 1. The lowest BCUT2D eigenvalue weighted by Gasteiger charge is -2.32. The normalized spacial score (nSPS) is 17.8. The quantitative estimate of drug-likeness (QED) is 0.443. The van der Waals surface area contributed by atoms with E-state index in [1.807, 2.05) is 19.9 Å². The van der Waals surface area contributed by atoms with Crippen LogP contribution in [0.25, 0.3) is 0 Å². The Labute approximate surface area is 155 Å². The topological polar surface area (TPSA) is 39.7 Å². The molecule has 1 atom stereocenters. The summed E-state index contributed by atoms with van der Waals surface area (Å²) < 4.78 is 27.0. The van der Waals surface area contributed by atoms with Gasteiger partial charge in [-0.3, -0.25) is 9.89 Å². The van der Waals surface area contributed by atoms with E-state index in [-0.39, 0.29) is 5.92 Å². The number of piperidine rings is 1. The van der Waals surface area contributed by atoms with Crippen molar-refractivity contribution in [1.29, 1.82) is 0 Å². The summed E-state index contributed by atoms with van der Waals surface area (Å²) in [4.78, 5) is 6.99. The minimum absolute atomic E-state index is 0.125. The van der Waals surface area contributed by atoms with Crippen LogP contribution in [0.2, 0.25) is 0 Å². The molecule has 0 saturated carbocycles. The number of benzene rings is 1. The van der Waals surface area contributed by atoms with Gasteiger partial charge in [0, 0.05) is 50.7 Å². The van der Waals surface area contributed by atoms with Crippen molar-refractivity contribution in [2.75, 3.05) is 32.7 Å². The van der Waals surface area contributed by atoms with Crippen molar-refractivity contribution in [1.82, 2.24) is 15.5 Å². The third-order valence-electron chi connectivity index (χ3n) is 4.68. The van der Waals surface area contributed by atoms with Gasteiger partial charge in [-0.1, -0.05) is 19.1 Å². The van der Waals surface area contributed by atoms with Crippen LogP contribution in [0.15, 0.2) is 35.8 Å². The van der Waals surface area contributed by atoms with Crippen LogP contribution < -0.4 is 10.6 Å². The Hall–Kier alpha value is -1.95. The minimum Gasteiger partial charge on any atom is -0.357 e. The second-order valence-corrected chi connectivity index (χ2v) is 6.79. The molecule has 1 aromatic rings.